The van der Waals surface area contributed by atoms with Gasteiger partial charge in [0.2, 0.25) is 0 Å². The average Bonchev–Trinajstić information content (AvgIpc) is 2.37. The van der Waals surface area contributed by atoms with E-state index in [-0.39, 0.29) is 0 Å². The summed E-state index contributed by atoms with van der Waals surface area (Å²) in [6, 6.07) is 6.31. The molecule has 18 heavy (non-hydrogen) atoms. The maximum absolute atomic E-state index is 10.2. The fourth-order valence-corrected chi connectivity index (χ4v) is 1.80. The van der Waals surface area contributed by atoms with Gasteiger partial charge in [-0.15, -0.1) is 0 Å². The molecule has 0 saturated carbocycles. The fourth-order valence-electron chi connectivity index (χ4n) is 1.80. The van der Waals surface area contributed by atoms with E-state index in [2.05, 4.69) is 32.0 Å². The zero-order valence-electron chi connectivity index (χ0n) is 12.3. The normalized spacial score (nSPS) is 11.9. The molecule has 0 heterocycles. The van der Waals surface area contributed by atoms with Gasteiger partial charge in [-0.2, -0.15) is 0 Å². The van der Waals surface area contributed by atoms with Gasteiger partial charge in [0.1, 0.15) is 12.4 Å². The summed E-state index contributed by atoms with van der Waals surface area (Å²) >= 11 is 0. The highest BCUT2D eigenvalue weighted by molar-refractivity contribution is 5.37. The third-order valence-electron chi connectivity index (χ3n) is 3.69. The lowest BCUT2D eigenvalue weighted by Gasteiger charge is -2.25. The van der Waals surface area contributed by atoms with Crippen LogP contribution in [-0.4, -0.2) is 17.3 Å². The molecule has 0 saturated heterocycles. The van der Waals surface area contributed by atoms with Gasteiger partial charge < -0.3 is 9.84 Å². The van der Waals surface area contributed by atoms with Crippen LogP contribution in [0.1, 0.15) is 57.6 Å². The lowest BCUT2D eigenvalue weighted by Crippen LogP contribution is -2.34. The molecule has 1 aromatic carbocycles. The topological polar surface area (TPSA) is 29.5 Å². The first-order chi connectivity index (χ1) is 8.41. The molecule has 0 bridgehead atoms. The molecule has 0 fully saturated rings. The highest BCUT2D eigenvalue weighted by atomic mass is 16.5. The van der Waals surface area contributed by atoms with E-state index in [0.29, 0.717) is 25.4 Å². The molecule has 1 aromatic rings. The highest BCUT2D eigenvalue weighted by Crippen LogP contribution is 2.26. The standard InChI is InChI=1S/C16H26O2/c1-6-16(17,7-2)11-18-15-10-14(12(3)4)9-8-13(15)5/h8-10,12,17H,6-7,11H2,1-5H3. The minimum atomic E-state index is -0.708. The molecule has 1 N–H and O–H groups in total. The van der Waals surface area contributed by atoms with E-state index in [9.17, 15) is 5.11 Å². The molecule has 0 radical (unpaired) electrons. The molecule has 0 aliphatic carbocycles. The minimum absolute atomic E-state index is 0.363. The van der Waals surface area contributed by atoms with Crippen molar-refractivity contribution in [3.05, 3.63) is 29.3 Å². The summed E-state index contributed by atoms with van der Waals surface area (Å²) in [6.07, 6.45) is 1.43. The van der Waals surface area contributed by atoms with Crippen molar-refractivity contribution in [3.8, 4) is 5.75 Å². The summed E-state index contributed by atoms with van der Waals surface area (Å²) in [7, 11) is 0. The molecule has 0 aliphatic rings. The summed E-state index contributed by atoms with van der Waals surface area (Å²) in [5.74, 6) is 1.38. The summed E-state index contributed by atoms with van der Waals surface area (Å²) in [5.41, 5.74) is 1.68. The van der Waals surface area contributed by atoms with Gasteiger partial charge >= 0.3 is 0 Å². The molecular formula is C16H26O2. The lowest BCUT2D eigenvalue weighted by atomic mass is 9.98. The molecule has 0 unspecified atom stereocenters. The summed E-state index contributed by atoms with van der Waals surface area (Å²) in [6.45, 7) is 10.7. The predicted molar refractivity (Wildman–Crippen MR) is 76.3 cm³/mol. The van der Waals surface area contributed by atoms with Gasteiger partial charge in [0.25, 0.3) is 0 Å². The number of hydrogen-bond donors (Lipinski definition) is 1. The molecule has 0 amide bonds. The Hall–Kier alpha value is -1.02. The molecule has 0 atom stereocenters. The summed E-state index contributed by atoms with van der Waals surface area (Å²) < 4.78 is 5.82. The number of aliphatic hydroxyl groups is 1. The molecule has 2 nitrogen and oxygen atoms in total. The van der Waals surface area contributed by atoms with Gasteiger partial charge in [-0.1, -0.05) is 39.8 Å². The molecule has 1 rings (SSSR count). The number of benzene rings is 1. The van der Waals surface area contributed by atoms with E-state index < -0.39 is 5.60 Å². The number of hydrogen-bond acceptors (Lipinski definition) is 2. The smallest absolute Gasteiger partial charge is 0.122 e. The lowest BCUT2D eigenvalue weighted by molar-refractivity contribution is -0.0115. The van der Waals surface area contributed by atoms with Crippen LogP contribution >= 0.6 is 0 Å². The summed E-state index contributed by atoms with van der Waals surface area (Å²) in [5, 5.41) is 10.2. The van der Waals surface area contributed by atoms with E-state index >= 15 is 0 Å². The van der Waals surface area contributed by atoms with Crippen LogP contribution in [0.4, 0.5) is 0 Å². The highest BCUT2D eigenvalue weighted by Gasteiger charge is 2.23. The third-order valence-corrected chi connectivity index (χ3v) is 3.69. The van der Waals surface area contributed by atoms with Gasteiger partial charge in [0.15, 0.2) is 0 Å². The van der Waals surface area contributed by atoms with Crippen molar-refractivity contribution in [1.82, 2.24) is 0 Å². The van der Waals surface area contributed by atoms with Crippen molar-refractivity contribution < 1.29 is 9.84 Å². The van der Waals surface area contributed by atoms with Crippen molar-refractivity contribution >= 4 is 0 Å². The van der Waals surface area contributed by atoms with Crippen LogP contribution in [0.25, 0.3) is 0 Å². The number of rotatable bonds is 6. The first-order valence-electron chi connectivity index (χ1n) is 6.87. The molecule has 0 spiro atoms. The minimum Gasteiger partial charge on any atom is -0.490 e. The Kier molecular flexibility index (Phi) is 5.21. The van der Waals surface area contributed by atoms with E-state index in [1.165, 1.54) is 5.56 Å². The Bertz CT molecular complexity index is 379. The van der Waals surface area contributed by atoms with Crippen LogP contribution in [0, 0.1) is 6.92 Å². The molecular weight excluding hydrogens is 224 g/mol. The Morgan fingerprint density at radius 1 is 1.22 bits per heavy atom. The maximum atomic E-state index is 10.2. The zero-order valence-corrected chi connectivity index (χ0v) is 12.3. The average molecular weight is 250 g/mol. The van der Waals surface area contributed by atoms with Gasteiger partial charge in [-0.25, -0.2) is 0 Å². The largest absolute Gasteiger partial charge is 0.490 e. The SMILES string of the molecule is CCC(O)(CC)COc1cc(C(C)C)ccc1C. The Morgan fingerprint density at radius 3 is 2.33 bits per heavy atom. The van der Waals surface area contributed by atoms with Crippen molar-refractivity contribution in [2.24, 2.45) is 0 Å². The third kappa shape index (κ3) is 3.74. The van der Waals surface area contributed by atoms with Gasteiger partial charge in [0.05, 0.1) is 5.60 Å². The van der Waals surface area contributed by atoms with Crippen LogP contribution < -0.4 is 4.74 Å². The van der Waals surface area contributed by atoms with Crippen molar-refractivity contribution in [2.75, 3.05) is 6.61 Å². The summed E-state index contributed by atoms with van der Waals surface area (Å²) in [4.78, 5) is 0. The molecule has 0 aliphatic heterocycles. The van der Waals surface area contributed by atoms with Gasteiger partial charge in [-0.3, -0.25) is 0 Å². The van der Waals surface area contributed by atoms with Crippen LogP contribution in [0.5, 0.6) is 5.75 Å². The first kappa shape index (κ1) is 15.0. The molecule has 0 aromatic heterocycles. The van der Waals surface area contributed by atoms with E-state index in [0.717, 1.165) is 11.3 Å². The predicted octanol–water partition coefficient (Wildman–Crippen LogP) is 4.05. The van der Waals surface area contributed by atoms with E-state index in [1.54, 1.807) is 0 Å². The quantitative estimate of drug-likeness (QED) is 0.825. The Labute approximate surface area is 111 Å². The number of ether oxygens (including phenoxy) is 1. The Morgan fingerprint density at radius 2 is 1.83 bits per heavy atom. The maximum Gasteiger partial charge on any atom is 0.122 e. The monoisotopic (exact) mass is 250 g/mol. The van der Waals surface area contributed by atoms with E-state index in [1.807, 2.05) is 20.8 Å². The van der Waals surface area contributed by atoms with Crippen LogP contribution in [-0.2, 0) is 0 Å². The first-order valence-corrected chi connectivity index (χ1v) is 6.87. The molecule has 2 heteroatoms. The molecule has 102 valence electrons. The van der Waals surface area contributed by atoms with Crippen molar-refractivity contribution in [1.29, 1.82) is 0 Å². The van der Waals surface area contributed by atoms with Gasteiger partial charge in [0, 0.05) is 0 Å². The van der Waals surface area contributed by atoms with Crippen LogP contribution in [0.2, 0.25) is 0 Å². The Balaban J connectivity index is 2.81. The van der Waals surface area contributed by atoms with Crippen LogP contribution in [0.3, 0.4) is 0 Å². The fraction of sp³-hybridized carbons (Fsp3) is 0.625. The number of aryl methyl sites for hydroxylation is 1. The second-order valence-electron chi connectivity index (χ2n) is 5.40. The van der Waals surface area contributed by atoms with Crippen LogP contribution in [0.15, 0.2) is 18.2 Å². The zero-order chi connectivity index (χ0) is 13.8. The second-order valence-corrected chi connectivity index (χ2v) is 5.40. The van der Waals surface area contributed by atoms with Gasteiger partial charge in [-0.05, 0) is 42.9 Å². The second kappa shape index (κ2) is 6.24. The van der Waals surface area contributed by atoms with E-state index in [4.69, 9.17) is 4.74 Å². The van der Waals surface area contributed by atoms with Crippen molar-refractivity contribution in [3.63, 3.8) is 0 Å². The van der Waals surface area contributed by atoms with Crippen molar-refractivity contribution in [2.45, 2.75) is 59.0 Å².